The Morgan fingerprint density at radius 2 is 1.76 bits per heavy atom. The zero-order valence-corrected chi connectivity index (χ0v) is 10.1. The standard InChI is InChI=1S/C14H11ClO2/c1-17-14-12(7-4-8-13(14)15)11-6-3-2-5-10(11)9-16/h2-9H,1H3. The minimum absolute atomic E-state index is 0.533. The lowest BCUT2D eigenvalue weighted by molar-refractivity contribution is 0.112. The minimum Gasteiger partial charge on any atom is -0.495 e. The molecule has 0 unspecified atom stereocenters. The predicted molar refractivity (Wildman–Crippen MR) is 68.8 cm³/mol. The van der Waals surface area contributed by atoms with Gasteiger partial charge in [0.05, 0.1) is 12.1 Å². The molecular formula is C14H11ClO2. The number of halogens is 1. The molecule has 3 heteroatoms. The number of rotatable bonds is 3. The fourth-order valence-electron chi connectivity index (χ4n) is 1.77. The second-order valence-corrected chi connectivity index (χ2v) is 3.93. The molecule has 17 heavy (non-hydrogen) atoms. The summed E-state index contributed by atoms with van der Waals surface area (Å²) in [6.07, 6.45) is 0.829. The van der Waals surface area contributed by atoms with Gasteiger partial charge in [-0.15, -0.1) is 0 Å². The van der Waals surface area contributed by atoms with E-state index in [0.717, 1.165) is 17.4 Å². The van der Waals surface area contributed by atoms with Gasteiger partial charge < -0.3 is 4.74 Å². The van der Waals surface area contributed by atoms with E-state index in [1.54, 1.807) is 19.2 Å². The first kappa shape index (κ1) is 11.7. The number of aldehydes is 1. The van der Waals surface area contributed by atoms with Crippen molar-refractivity contribution in [3.8, 4) is 16.9 Å². The Balaban J connectivity index is 2.68. The zero-order chi connectivity index (χ0) is 12.3. The van der Waals surface area contributed by atoms with E-state index in [1.807, 2.05) is 30.3 Å². The summed E-state index contributed by atoms with van der Waals surface area (Å²) in [5.41, 5.74) is 2.26. The summed E-state index contributed by atoms with van der Waals surface area (Å²) in [7, 11) is 1.56. The molecule has 0 bridgehead atoms. The van der Waals surface area contributed by atoms with Crippen molar-refractivity contribution < 1.29 is 9.53 Å². The molecule has 0 spiro atoms. The molecule has 0 aliphatic rings. The van der Waals surface area contributed by atoms with Gasteiger partial charge in [0.15, 0.2) is 6.29 Å². The SMILES string of the molecule is COc1c(Cl)cccc1-c1ccccc1C=O. The summed E-state index contributed by atoms with van der Waals surface area (Å²) in [5, 5.41) is 0.533. The van der Waals surface area contributed by atoms with Gasteiger partial charge in [-0.2, -0.15) is 0 Å². The number of carbonyl (C=O) groups excluding carboxylic acids is 1. The first-order valence-corrected chi connectivity index (χ1v) is 5.53. The van der Waals surface area contributed by atoms with Crippen LogP contribution in [0.1, 0.15) is 10.4 Å². The molecule has 0 radical (unpaired) electrons. The molecule has 0 aliphatic heterocycles. The highest BCUT2D eigenvalue weighted by Gasteiger charge is 2.11. The predicted octanol–water partition coefficient (Wildman–Crippen LogP) is 3.83. The molecule has 0 aromatic heterocycles. The Bertz CT molecular complexity index is 550. The Labute approximate surface area is 105 Å². The van der Waals surface area contributed by atoms with Gasteiger partial charge in [0.2, 0.25) is 0 Å². The lowest BCUT2D eigenvalue weighted by atomic mass is 9.99. The van der Waals surface area contributed by atoms with Crippen molar-refractivity contribution >= 4 is 17.9 Å². The van der Waals surface area contributed by atoms with Crippen molar-refractivity contribution in [1.29, 1.82) is 0 Å². The molecule has 2 aromatic rings. The molecule has 2 aromatic carbocycles. The number of methoxy groups -OCH3 is 1. The summed E-state index contributed by atoms with van der Waals surface area (Å²) < 4.78 is 5.28. The second-order valence-electron chi connectivity index (χ2n) is 3.53. The first-order chi connectivity index (χ1) is 8.27. The normalized spacial score (nSPS) is 10.0. The maximum atomic E-state index is 11.0. The second kappa shape index (κ2) is 5.02. The van der Waals surface area contributed by atoms with Crippen LogP contribution in [0, 0.1) is 0 Å². The average Bonchev–Trinajstić information content (AvgIpc) is 2.38. The Morgan fingerprint density at radius 1 is 1.06 bits per heavy atom. The van der Waals surface area contributed by atoms with Crippen LogP contribution in [0.25, 0.3) is 11.1 Å². The summed E-state index contributed by atoms with van der Waals surface area (Å²) in [6.45, 7) is 0. The number of hydrogen-bond donors (Lipinski definition) is 0. The molecule has 0 fully saturated rings. The Kier molecular flexibility index (Phi) is 3.45. The fraction of sp³-hybridized carbons (Fsp3) is 0.0714. The Morgan fingerprint density at radius 3 is 2.47 bits per heavy atom. The third-order valence-electron chi connectivity index (χ3n) is 2.55. The van der Waals surface area contributed by atoms with Crippen molar-refractivity contribution in [2.45, 2.75) is 0 Å². The van der Waals surface area contributed by atoms with Crippen molar-refractivity contribution in [2.24, 2.45) is 0 Å². The summed E-state index contributed by atoms with van der Waals surface area (Å²) >= 11 is 6.06. The van der Waals surface area contributed by atoms with Gasteiger partial charge in [0.1, 0.15) is 5.75 Å². The van der Waals surface area contributed by atoms with E-state index < -0.39 is 0 Å². The maximum absolute atomic E-state index is 11.0. The third-order valence-corrected chi connectivity index (χ3v) is 2.85. The lowest BCUT2D eigenvalue weighted by Crippen LogP contribution is -1.92. The van der Waals surface area contributed by atoms with Crippen molar-refractivity contribution in [3.63, 3.8) is 0 Å². The van der Waals surface area contributed by atoms with E-state index in [4.69, 9.17) is 16.3 Å². The fourth-order valence-corrected chi connectivity index (χ4v) is 2.03. The van der Waals surface area contributed by atoms with E-state index in [2.05, 4.69) is 0 Å². The zero-order valence-electron chi connectivity index (χ0n) is 9.31. The van der Waals surface area contributed by atoms with Crippen LogP contribution in [0.15, 0.2) is 42.5 Å². The van der Waals surface area contributed by atoms with Crippen molar-refractivity contribution in [1.82, 2.24) is 0 Å². The van der Waals surface area contributed by atoms with E-state index >= 15 is 0 Å². The molecule has 0 saturated carbocycles. The van der Waals surface area contributed by atoms with E-state index in [1.165, 1.54) is 0 Å². The molecule has 2 rings (SSSR count). The highest BCUT2D eigenvalue weighted by atomic mass is 35.5. The summed E-state index contributed by atoms with van der Waals surface area (Å²) in [6, 6.07) is 12.8. The number of para-hydroxylation sites is 1. The lowest BCUT2D eigenvalue weighted by Gasteiger charge is -2.11. The maximum Gasteiger partial charge on any atom is 0.150 e. The monoisotopic (exact) mass is 246 g/mol. The average molecular weight is 247 g/mol. The smallest absolute Gasteiger partial charge is 0.150 e. The summed E-state index contributed by atoms with van der Waals surface area (Å²) in [4.78, 5) is 11.0. The van der Waals surface area contributed by atoms with Gasteiger partial charge in [-0.3, -0.25) is 4.79 Å². The highest BCUT2D eigenvalue weighted by molar-refractivity contribution is 6.32. The minimum atomic E-state index is 0.533. The van der Waals surface area contributed by atoms with Crippen LogP contribution in [0.3, 0.4) is 0 Å². The molecule has 0 saturated heterocycles. The van der Waals surface area contributed by atoms with Crippen LogP contribution >= 0.6 is 11.6 Å². The first-order valence-electron chi connectivity index (χ1n) is 5.15. The van der Waals surface area contributed by atoms with Crippen LogP contribution in [0.5, 0.6) is 5.75 Å². The number of benzene rings is 2. The highest BCUT2D eigenvalue weighted by Crippen LogP contribution is 2.36. The van der Waals surface area contributed by atoms with Gasteiger partial charge >= 0.3 is 0 Å². The van der Waals surface area contributed by atoms with E-state index in [0.29, 0.717) is 16.3 Å². The topological polar surface area (TPSA) is 26.3 Å². The van der Waals surface area contributed by atoms with Crippen LogP contribution < -0.4 is 4.74 Å². The molecule has 0 N–H and O–H groups in total. The number of ether oxygens (including phenoxy) is 1. The number of carbonyl (C=O) groups is 1. The summed E-state index contributed by atoms with van der Waals surface area (Å²) in [5.74, 6) is 0.587. The number of hydrogen-bond acceptors (Lipinski definition) is 2. The van der Waals surface area contributed by atoms with Crippen molar-refractivity contribution in [2.75, 3.05) is 7.11 Å². The van der Waals surface area contributed by atoms with Crippen molar-refractivity contribution in [3.05, 3.63) is 53.1 Å². The largest absolute Gasteiger partial charge is 0.495 e. The van der Waals surface area contributed by atoms with Gasteiger partial charge in [0.25, 0.3) is 0 Å². The third kappa shape index (κ3) is 2.17. The van der Waals surface area contributed by atoms with Crippen LogP contribution in [0.4, 0.5) is 0 Å². The van der Waals surface area contributed by atoms with E-state index in [9.17, 15) is 4.79 Å². The molecule has 0 heterocycles. The molecule has 86 valence electrons. The molecule has 0 atom stereocenters. The van der Waals surface area contributed by atoms with Gasteiger partial charge in [-0.05, 0) is 11.6 Å². The van der Waals surface area contributed by atoms with E-state index in [-0.39, 0.29) is 0 Å². The van der Waals surface area contributed by atoms with Crippen LogP contribution in [0.2, 0.25) is 5.02 Å². The van der Waals surface area contributed by atoms with Gasteiger partial charge in [0, 0.05) is 11.1 Å². The van der Waals surface area contributed by atoms with Crippen LogP contribution in [-0.2, 0) is 0 Å². The van der Waals surface area contributed by atoms with Crippen LogP contribution in [-0.4, -0.2) is 13.4 Å². The molecular weight excluding hydrogens is 236 g/mol. The quantitative estimate of drug-likeness (QED) is 0.770. The molecule has 0 aliphatic carbocycles. The van der Waals surface area contributed by atoms with Gasteiger partial charge in [-0.1, -0.05) is 48.0 Å². The van der Waals surface area contributed by atoms with Gasteiger partial charge in [-0.25, -0.2) is 0 Å². The molecule has 0 amide bonds. The Hall–Kier alpha value is -1.80. The molecule has 2 nitrogen and oxygen atoms in total.